The lowest BCUT2D eigenvalue weighted by atomic mass is 9.94. The topological polar surface area (TPSA) is 58.6 Å². The SMILES string of the molecule is CCN(C(=O)CCNC(=O)OC(C)(C)C)C1CCCCC1. The molecule has 2 amide bonds. The maximum absolute atomic E-state index is 12.3. The lowest BCUT2D eigenvalue weighted by molar-refractivity contribution is -0.133. The van der Waals surface area contributed by atoms with Crippen LogP contribution in [0, 0.1) is 0 Å². The van der Waals surface area contributed by atoms with Gasteiger partial charge in [-0.2, -0.15) is 0 Å². The molecule has 1 aliphatic carbocycles. The zero-order valence-corrected chi connectivity index (χ0v) is 13.9. The first-order valence-corrected chi connectivity index (χ1v) is 8.10. The summed E-state index contributed by atoms with van der Waals surface area (Å²) in [5.41, 5.74) is -0.508. The van der Waals surface area contributed by atoms with Gasteiger partial charge in [-0.15, -0.1) is 0 Å². The van der Waals surface area contributed by atoms with E-state index < -0.39 is 11.7 Å². The Balaban J connectivity index is 2.32. The van der Waals surface area contributed by atoms with E-state index in [-0.39, 0.29) is 5.91 Å². The average Bonchev–Trinajstić information content (AvgIpc) is 2.38. The molecule has 1 saturated carbocycles. The first kappa shape index (κ1) is 17.8. The highest BCUT2D eigenvalue weighted by Gasteiger charge is 2.24. The van der Waals surface area contributed by atoms with Gasteiger partial charge in [0.15, 0.2) is 0 Å². The van der Waals surface area contributed by atoms with Gasteiger partial charge >= 0.3 is 6.09 Å². The Labute approximate surface area is 128 Å². The second-order valence-corrected chi connectivity index (χ2v) is 6.65. The van der Waals surface area contributed by atoms with Crippen LogP contribution in [-0.2, 0) is 9.53 Å². The van der Waals surface area contributed by atoms with Gasteiger partial charge in [-0.05, 0) is 40.5 Å². The number of nitrogens with one attached hydrogen (secondary N) is 1. The van der Waals surface area contributed by atoms with Gasteiger partial charge in [0.1, 0.15) is 5.60 Å². The van der Waals surface area contributed by atoms with Crippen molar-refractivity contribution < 1.29 is 14.3 Å². The molecule has 1 fully saturated rings. The number of alkyl carbamates (subject to hydrolysis) is 1. The van der Waals surface area contributed by atoms with Gasteiger partial charge in [0.05, 0.1) is 0 Å². The molecule has 0 heterocycles. The van der Waals surface area contributed by atoms with Crippen LogP contribution in [0.5, 0.6) is 0 Å². The minimum absolute atomic E-state index is 0.125. The van der Waals surface area contributed by atoms with Crippen LogP contribution < -0.4 is 5.32 Å². The summed E-state index contributed by atoms with van der Waals surface area (Å²) in [5.74, 6) is 0.125. The van der Waals surface area contributed by atoms with Crippen molar-refractivity contribution in [2.45, 2.75) is 77.9 Å². The van der Waals surface area contributed by atoms with Crippen LogP contribution in [0.2, 0.25) is 0 Å². The van der Waals surface area contributed by atoms with E-state index >= 15 is 0 Å². The van der Waals surface area contributed by atoms with Crippen LogP contribution in [0.3, 0.4) is 0 Å². The van der Waals surface area contributed by atoms with Crippen LogP contribution in [0.4, 0.5) is 4.79 Å². The minimum atomic E-state index is -0.508. The van der Waals surface area contributed by atoms with Gasteiger partial charge in [-0.25, -0.2) is 4.79 Å². The fourth-order valence-electron chi connectivity index (χ4n) is 2.76. The number of amides is 2. The molecule has 0 radical (unpaired) electrons. The predicted octanol–water partition coefficient (Wildman–Crippen LogP) is 3.08. The Bertz CT molecular complexity index is 344. The van der Waals surface area contributed by atoms with Gasteiger partial charge in [-0.1, -0.05) is 19.3 Å². The van der Waals surface area contributed by atoms with Crippen molar-refractivity contribution in [2.75, 3.05) is 13.1 Å². The molecule has 0 aromatic heterocycles. The Kier molecular flexibility index (Phi) is 6.99. The third kappa shape index (κ3) is 6.82. The molecule has 0 spiro atoms. The predicted molar refractivity (Wildman–Crippen MR) is 83.1 cm³/mol. The van der Waals surface area contributed by atoms with Crippen molar-refractivity contribution in [3.63, 3.8) is 0 Å². The van der Waals surface area contributed by atoms with E-state index in [1.807, 2.05) is 32.6 Å². The van der Waals surface area contributed by atoms with E-state index in [1.54, 1.807) is 0 Å². The normalized spacial score (nSPS) is 16.4. The number of nitrogens with zero attached hydrogens (tertiary/aromatic N) is 1. The largest absolute Gasteiger partial charge is 0.444 e. The summed E-state index contributed by atoms with van der Waals surface area (Å²) in [4.78, 5) is 25.8. The molecule has 0 bridgehead atoms. The molecule has 1 aliphatic rings. The van der Waals surface area contributed by atoms with Crippen molar-refractivity contribution in [1.82, 2.24) is 10.2 Å². The van der Waals surface area contributed by atoms with Gasteiger partial charge in [0.25, 0.3) is 0 Å². The zero-order chi connectivity index (χ0) is 15.9. The molecule has 0 aromatic rings. The number of carbonyl (C=O) groups excluding carboxylic acids is 2. The first-order chi connectivity index (χ1) is 9.83. The second kappa shape index (κ2) is 8.25. The summed E-state index contributed by atoms with van der Waals surface area (Å²) in [6.45, 7) is 8.56. The number of rotatable bonds is 5. The molecular formula is C16H30N2O3. The van der Waals surface area contributed by atoms with Crippen molar-refractivity contribution in [3.8, 4) is 0 Å². The van der Waals surface area contributed by atoms with Gasteiger partial charge in [-0.3, -0.25) is 4.79 Å². The van der Waals surface area contributed by atoms with E-state index in [0.29, 0.717) is 19.0 Å². The van der Waals surface area contributed by atoms with E-state index in [1.165, 1.54) is 19.3 Å². The molecule has 1 N–H and O–H groups in total. The molecular weight excluding hydrogens is 268 g/mol. The Morgan fingerprint density at radius 2 is 1.81 bits per heavy atom. The maximum Gasteiger partial charge on any atom is 0.407 e. The molecule has 0 atom stereocenters. The van der Waals surface area contributed by atoms with E-state index in [4.69, 9.17) is 4.74 Å². The number of ether oxygens (including phenoxy) is 1. The summed E-state index contributed by atoms with van der Waals surface area (Å²) in [5, 5.41) is 2.64. The van der Waals surface area contributed by atoms with Gasteiger partial charge < -0.3 is 15.0 Å². The van der Waals surface area contributed by atoms with Crippen molar-refractivity contribution in [1.29, 1.82) is 0 Å². The highest BCUT2D eigenvalue weighted by atomic mass is 16.6. The van der Waals surface area contributed by atoms with Crippen LogP contribution in [0.25, 0.3) is 0 Å². The second-order valence-electron chi connectivity index (χ2n) is 6.65. The molecule has 0 unspecified atom stereocenters. The van der Waals surface area contributed by atoms with Crippen LogP contribution >= 0.6 is 0 Å². The summed E-state index contributed by atoms with van der Waals surface area (Å²) in [6, 6.07) is 0.387. The number of hydrogen-bond acceptors (Lipinski definition) is 3. The minimum Gasteiger partial charge on any atom is -0.444 e. The zero-order valence-electron chi connectivity index (χ0n) is 13.9. The highest BCUT2D eigenvalue weighted by Crippen LogP contribution is 2.22. The van der Waals surface area contributed by atoms with Crippen molar-refractivity contribution in [2.24, 2.45) is 0 Å². The third-order valence-electron chi connectivity index (χ3n) is 3.68. The summed E-state index contributed by atoms with van der Waals surface area (Å²) < 4.78 is 5.15. The smallest absolute Gasteiger partial charge is 0.407 e. The third-order valence-corrected chi connectivity index (χ3v) is 3.68. The fraction of sp³-hybridized carbons (Fsp3) is 0.875. The first-order valence-electron chi connectivity index (χ1n) is 8.10. The van der Waals surface area contributed by atoms with Crippen LogP contribution in [-0.4, -0.2) is 41.6 Å². The van der Waals surface area contributed by atoms with Gasteiger partial charge in [0.2, 0.25) is 5.91 Å². The monoisotopic (exact) mass is 298 g/mol. The molecule has 1 rings (SSSR count). The quantitative estimate of drug-likeness (QED) is 0.848. The summed E-state index contributed by atoms with van der Waals surface area (Å²) >= 11 is 0. The number of carbonyl (C=O) groups is 2. The van der Waals surface area contributed by atoms with E-state index in [0.717, 1.165) is 19.4 Å². The average molecular weight is 298 g/mol. The molecule has 21 heavy (non-hydrogen) atoms. The lowest BCUT2D eigenvalue weighted by Gasteiger charge is -2.33. The van der Waals surface area contributed by atoms with Crippen LogP contribution in [0.15, 0.2) is 0 Å². The van der Waals surface area contributed by atoms with Crippen molar-refractivity contribution in [3.05, 3.63) is 0 Å². The van der Waals surface area contributed by atoms with Gasteiger partial charge in [0, 0.05) is 25.6 Å². The van der Waals surface area contributed by atoms with E-state index in [9.17, 15) is 9.59 Å². The fourth-order valence-corrected chi connectivity index (χ4v) is 2.76. The lowest BCUT2D eigenvalue weighted by Crippen LogP contribution is -2.42. The molecule has 5 nitrogen and oxygen atoms in total. The molecule has 5 heteroatoms. The Hall–Kier alpha value is -1.26. The highest BCUT2D eigenvalue weighted by molar-refractivity contribution is 5.77. The maximum atomic E-state index is 12.3. The van der Waals surface area contributed by atoms with Crippen molar-refractivity contribution >= 4 is 12.0 Å². The Morgan fingerprint density at radius 1 is 1.19 bits per heavy atom. The molecule has 0 aliphatic heterocycles. The summed E-state index contributed by atoms with van der Waals surface area (Å²) in [7, 11) is 0. The van der Waals surface area contributed by atoms with Crippen LogP contribution in [0.1, 0.15) is 66.2 Å². The van der Waals surface area contributed by atoms with E-state index in [2.05, 4.69) is 5.32 Å². The molecule has 122 valence electrons. The molecule has 0 saturated heterocycles. The number of hydrogen-bond donors (Lipinski definition) is 1. The molecule has 0 aromatic carbocycles. The summed E-state index contributed by atoms with van der Waals surface area (Å²) in [6.07, 6.45) is 5.80. The Morgan fingerprint density at radius 3 is 2.33 bits per heavy atom. The standard InChI is InChI=1S/C16H30N2O3/c1-5-18(13-9-7-6-8-10-13)14(19)11-12-17-15(20)21-16(2,3)4/h13H,5-12H2,1-4H3,(H,17,20).